The summed E-state index contributed by atoms with van der Waals surface area (Å²) >= 11 is 3.15. The van der Waals surface area contributed by atoms with E-state index < -0.39 is 43.0 Å². The highest BCUT2D eigenvalue weighted by atomic mass is 79.9. The maximum Gasteiger partial charge on any atom is 0.418 e. The second-order valence-corrected chi connectivity index (χ2v) is 9.47. The normalized spacial score (nSPS) is 16.6. The van der Waals surface area contributed by atoms with E-state index in [0.717, 1.165) is 4.31 Å². The van der Waals surface area contributed by atoms with Crippen LogP contribution in [-0.2, 0) is 16.2 Å². The van der Waals surface area contributed by atoms with E-state index in [1.807, 2.05) is 4.90 Å². The van der Waals surface area contributed by atoms with Crippen molar-refractivity contribution in [3.05, 3.63) is 27.8 Å². The number of hydrogen-bond acceptors (Lipinski definition) is 6. The molecule has 1 aromatic carbocycles. The summed E-state index contributed by atoms with van der Waals surface area (Å²) in [5.41, 5.74) is -2.93. The third-order valence-corrected chi connectivity index (χ3v) is 6.99. The van der Waals surface area contributed by atoms with Crippen LogP contribution >= 0.6 is 15.9 Å². The molecule has 0 N–H and O–H groups in total. The van der Waals surface area contributed by atoms with Gasteiger partial charge < -0.3 is 9.80 Å². The van der Waals surface area contributed by atoms with Crippen LogP contribution in [-0.4, -0.2) is 82.0 Å². The van der Waals surface area contributed by atoms with Crippen molar-refractivity contribution in [3.8, 4) is 0 Å². The molecule has 2 rings (SSSR count). The van der Waals surface area contributed by atoms with Crippen molar-refractivity contribution in [2.75, 3.05) is 56.5 Å². The average molecular weight is 513 g/mol. The van der Waals surface area contributed by atoms with Gasteiger partial charge in [0.1, 0.15) is 4.90 Å². The van der Waals surface area contributed by atoms with Crippen molar-refractivity contribution in [2.45, 2.75) is 17.4 Å². The van der Waals surface area contributed by atoms with Crippen LogP contribution in [0.15, 0.2) is 17.0 Å². The quantitative estimate of drug-likeness (QED) is 0.230. The summed E-state index contributed by atoms with van der Waals surface area (Å²) in [5.74, 6) is 0. The summed E-state index contributed by atoms with van der Waals surface area (Å²) in [4.78, 5) is 12.6. The summed E-state index contributed by atoms with van der Waals surface area (Å²) < 4.78 is 69.4. The number of benzene rings is 1. The third-order valence-electron chi connectivity index (χ3n) is 4.73. The summed E-state index contributed by atoms with van der Waals surface area (Å²) in [5, 5.41) is 11.5. The van der Waals surface area contributed by atoms with Gasteiger partial charge in [-0.2, -0.15) is 17.5 Å². The predicted molar refractivity (Wildman–Crippen MR) is 111 cm³/mol. The molecule has 1 aromatic rings. The fraction of sp³-hybridized carbons (Fsp3) is 0.625. The molecule has 8 nitrogen and oxygen atoms in total. The number of anilines is 1. The number of halogens is 4. The smallest absolute Gasteiger partial charge is 0.370 e. The SMILES string of the molecule is [B]CCN(CCBr)c1c(C(F)(F)F)cc([N+](=O)[O-])cc1S(=O)(=O)N1CCN(C)CC1. The largest absolute Gasteiger partial charge is 0.418 e. The lowest BCUT2D eigenvalue weighted by Crippen LogP contribution is -2.47. The Labute approximate surface area is 182 Å². The van der Waals surface area contributed by atoms with Crippen molar-refractivity contribution in [1.29, 1.82) is 0 Å². The van der Waals surface area contributed by atoms with E-state index in [1.54, 1.807) is 7.05 Å². The number of nitrogens with zero attached hydrogens (tertiary/aromatic N) is 4. The second kappa shape index (κ2) is 9.83. The van der Waals surface area contributed by atoms with Gasteiger partial charge in [-0.25, -0.2) is 8.42 Å². The monoisotopic (exact) mass is 512 g/mol. The Bertz CT molecular complexity index is 874. The summed E-state index contributed by atoms with van der Waals surface area (Å²) in [6, 6.07) is 1.08. The van der Waals surface area contributed by atoms with Crippen molar-refractivity contribution < 1.29 is 26.5 Å². The number of likely N-dealkylation sites (N-methyl/N-ethyl adjacent to an activating group) is 1. The zero-order valence-corrected chi connectivity index (χ0v) is 18.6. The zero-order chi connectivity index (χ0) is 22.7. The molecule has 0 bridgehead atoms. The van der Waals surface area contributed by atoms with Crippen LogP contribution < -0.4 is 4.90 Å². The Morgan fingerprint density at radius 3 is 2.30 bits per heavy atom. The van der Waals surface area contributed by atoms with Gasteiger partial charge in [-0.05, 0) is 7.05 Å². The Hall–Kier alpha value is -1.38. The predicted octanol–water partition coefficient (Wildman–Crippen LogP) is 2.34. The Morgan fingerprint density at radius 1 is 1.23 bits per heavy atom. The first kappa shape index (κ1) is 24.9. The van der Waals surface area contributed by atoms with Crippen LogP contribution in [0.1, 0.15) is 5.56 Å². The number of hydrogen-bond donors (Lipinski definition) is 0. The van der Waals surface area contributed by atoms with Gasteiger partial charge in [-0.1, -0.05) is 22.3 Å². The van der Waals surface area contributed by atoms with Crippen molar-refractivity contribution in [2.24, 2.45) is 0 Å². The van der Waals surface area contributed by atoms with E-state index in [1.165, 1.54) is 4.90 Å². The Morgan fingerprint density at radius 2 is 1.83 bits per heavy atom. The first-order valence-electron chi connectivity index (χ1n) is 9.02. The summed E-state index contributed by atoms with van der Waals surface area (Å²) in [7, 11) is 2.90. The minimum atomic E-state index is -5.01. The fourth-order valence-corrected chi connectivity index (χ4v) is 5.30. The molecule has 1 heterocycles. The molecule has 0 spiro atoms. The number of rotatable bonds is 8. The van der Waals surface area contributed by atoms with Crippen molar-refractivity contribution in [3.63, 3.8) is 0 Å². The number of alkyl halides is 4. The van der Waals surface area contributed by atoms with E-state index in [0.29, 0.717) is 25.2 Å². The number of nitro groups is 1. The lowest BCUT2D eigenvalue weighted by Gasteiger charge is -2.34. The van der Waals surface area contributed by atoms with Gasteiger partial charge >= 0.3 is 6.18 Å². The van der Waals surface area contributed by atoms with Gasteiger partial charge in [0.25, 0.3) is 5.69 Å². The molecule has 1 saturated heterocycles. The fourth-order valence-electron chi connectivity index (χ4n) is 3.20. The van der Waals surface area contributed by atoms with Gasteiger partial charge in [0.05, 0.1) is 24.0 Å². The number of sulfonamides is 1. The molecule has 0 aliphatic carbocycles. The van der Waals surface area contributed by atoms with Gasteiger partial charge in [-0.15, -0.1) is 0 Å². The van der Waals surface area contributed by atoms with E-state index in [2.05, 4.69) is 15.9 Å². The van der Waals surface area contributed by atoms with Gasteiger partial charge in [0.15, 0.2) is 0 Å². The highest BCUT2D eigenvalue weighted by molar-refractivity contribution is 9.09. The maximum absolute atomic E-state index is 13.9. The van der Waals surface area contributed by atoms with Crippen molar-refractivity contribution in [1.82, 2.24) is 9.21 Å². The topological polar surface area (TPSA) is 87.0 Å². The molecule has 1 aliphatic heterocycles. The van der Waals surface area contributed by atoms with Crippen LogP contribution in [0, 0.1) is 10.1 Å². The summed E-state index contributed by atoms with van der Waals surface area (Å²) in [6.45, 7) is 0.892. The highest BCUT2D eigenvalue weighted by Gasteiger charge is 2.42. The van der Waals surface area contributed by atoms with Crippen molar-refractivity contribution >= 4 is 45.2 Å². The molecule has 0 saturated carbocycles. The molecule has 14 heteroatoms. The van der Waals surface area contributed by atoms with Gasteiger partial charge in [0, 0.05) is 56.7 Å². The average Bonchev–Trinajstić information content (AvgIpc) is 2.66. The molecule has 1 aliphatic rings. The lowest BCUT2D eigenvalue weighted by atomic mass is 10.0. The number of nitro benzene ring substituents is 1. The second-order valence-electron chi connectivity index (χ2n) is 6.77. The van der Waals surface area contributed by atoms with Crippen LogP contribution in [0.3, 0.4) is 0 Å². The molecule has 0 atom stereocenters. The molecule has 30 heavy (non-hydrogen) atoms. The molecule has 1 fully saturated rings. The third kappa shape index (κ3) is 5.45. The molecule has 0 amide bonds. The van der Waals surface area contributed by atoms with E-state index in [-0.39, 0.29) is 37.8 Å². The van der Waals surface area contributed by atoms with E-state index in [4.69, 9.17) is 7.85 Å². The minimum Gasteiger partial charge on any atom is -0.370 e. The lowest BCUT2D eigenvalue weighted by molar-refractivity contribution is -0.385. The Balaban J connectivity index is 2.80. The zero-order valence-electron chi connectivity index (χ0n) is 16.2. The maximum atomic E-state index is 13.9. The van der Waals surface area contributed by atoms with E-state index in [9.17, 15) is 31.7 Å². The van der Waals surface area contributed by atoms with E-state index >= 15 is 0 Å². The number of piperazine rings is 1. The number of non-ortho nitro benzene ring substituents is 1. The first-order chi connectivity index (χ1) is 13.9. The molecule has 2 radical (unpaired) electrons. The summed E-state index contributed by atoms with van der Waals surface area (Å²) in [6.07, 6.45) is -5.04. The van der Waals surface area contributed by atoms with Crippen LogP contribution in [0.4, 0.5) is 24.5 Å². The molecule has 166 valence electrons. The standard InChI is InChI=1S/C16H21BBrF3N4O4S/c1-22-6-8-24(9-7-22)30(28,29)14-11-12(25(26)27)10-13(16(19,20)21)15(14)23(4-2-17)5-3-18/h10-11H,2-9H2,1H3. The van der Waals surface area contributed by atoms with Crippen LogP contribution in [0.5, 0.6) is 0 Å². The van der Waals surface area contributed by atoms with Crippen LogP contribution in [0.25, 0.3) is 0 Å². The first-order valence-corrected chi connectivity index (χ1v) is 11.6. The molecule has 0 aromatic heterocycles. The highest BCUT2D eigenvalue weighted by Crippen LogP contribution is 2.43. The Kier molecular flexibility index (Phi) is 8.16. The van der Waals surface area contributed by atoms with Crippen LogP contribution in [0.2, 0.25) is 6.32 Å². The molecular weight excluding hydrogens is 492 g/mol. The van der Waals surface area contributed by atoms with Gasteiger partial charge in [-0.3, -0.25) is 10.1 Å². The molecular formula is C16H21BBrF3N4O4S. The molecule has 0 unspecified atom stereocenters. The minimum absolute atomic E-state index is 0.0311. The van der Waals surface area contributed by atoms with Gasteiger partial charge in [0.2, 0.25) is 10.0 Å².